The number of hydrogen-bond acceptors (Lipinski definition) is 36. The van der Waals surface area contributed by atoms with Crippen molar-refractivity contribution in [3.8, 4) is 0 Å². The van der Waals surface area contributed by atoms with E-state index < -0.39 is 102 Å². The number of guanidine groups is 1. The first-order valence-electron chi connectivity index (χ1n) is 48.2. The van der Waals surface area contributed by atoms with Gasteiger partial charge in [0.05, 0.1) is 108 Å². The van der Waals surface area contributed by atoms with Gasteiger partial charge in [-0.25, -0.2) is 33.9 Å². The summed E-state index contributed by atoms with van der Waals surface area (Å²) >= 11 is 10.7. The maximum absolute atomic E-state index is 13.3. The number of carbonyl (C=O) groups excluding carboxylic acids is 8. The van der Waals surface area contributed by atoms with Crippen molar-refractivity contribution in [2.45, 2.75) is 234 Å². The highest BCUT2D eigenvalue weighted by atomic mass is 32.2. The van der Waals surface area contributed by atoms with E-state index in [4.69, 9.17) is 26.7 Å². The van der Waals surface area contributed by atoms with E-state index >= 15 is 0 Å². The van der Waals surface area contributed by atoms with E-state index in [0.29, 0.717) is 82.5 Å². The van der Waals surface area contributed by atoms with Crippen molar-refractivity contribution in [2.24, 2.45) is 91.8 Å². The molecule has 16 aliphatic heterocycles. The molecule has 142 heavy (non-hydrogen) atoms. The van der Waals surface area contributed by atoms with Crippen LogP contribution in [0.4, 0.5) is 0 Å². The van der Waals surface area contributed by atoms with Crippen molar-refractivity contribution in [3.05, 3.63) is 82.4 Å². The molecule has 0 spiro atoms. The number of carboxylic acids is 4. The Hall–Kier alpha value is -8.31. The third-order valence-electron chi connectivity index (χ3n) is 29.0. The number of esters is 2. The summed E-state index contributed by atoms with van der Waals surface area (Å²) in [6.45, 7) is 35.6. The maximum Gasteiger partial charge on any atom is 0.358 e. The number of fused-ring (bicyclic) bond motifs is 5. The lowest BCUT2D eigenvalue weighted by atomic mass is 9.77. The zero-order chi connectivity index (χ0) is 104. The van der Waals surface area contributed by atoms with Crippen LogP contribution in [0.25, 0.3) is 5.57 Å². The van der Waals surface area contributed by atoms with Crippen LogP contribution >= 0.6 is 81.9 Å². The Labute approximate surface area is 855 Å². The number of ether oxygens (including phenoxy) is 2. The molecule has 0 saturated carbocycles. The van der Waals surface area contributed by atoms with Crippen molar-refractivity contribution < 1.29 is 113 Å². The van der Waals surface area contributed by atoms with Crippen molar-refractivity contribution in [3.63, 3.8) is 0 Å². The first-order valence-corrected chi connectivity index (χ1v) is 54.5. The van der Waals surface area contributed by atoms with E-state index in [0.717, 1.165) is 101 Å². The molecule has 26 atom stereocenters. The second kappa shape index (κ2) is 46.0. The predicted molar refractivity (Wildman–Crippen MR) is 541 cm³/mol. The van der Waals surface area contributed by atoms with Crippen LogP contribution in [0.1, 0.15) is 135 Å². The van der Waals surface area contributed by atoms with Crippen molar-refractivity contribution in [1.29, 1.82) is 0 Å². The van der Waals surface area contributed by atoms with Gasteiger partial charge in [-0.15, -0.1) is 58.4 Å². The highest BCUT2D eigenvalue weighted by Crippen LogP contribution is 2.59. The minimum atomic E-state index is -1.15. The number of aliphatic hydroxyl groups is 5. The zero-order valence-corrected chi connectivity index (χ0v) is 88.4. The first-order chi connectivity index (χ1) is 67.0. The second-order valence-electron chi connectivity index (χ2n) is 40.0. The van der Waals surface area contributed by atoms with Crippen molar-refractivity contribution >= 4 is 170 Å². The number of aliphatic imine (C=N–C) groups is 2. The molecule has 19 N–H and O–H groups in total. The Balaban J connectivity index is 0.000000151. The maximum atomic E-state index is 13.3. The van der Waals surface area contributed by atoms with E-state index in [1.54, 1.807) is 95.6 Å². The molecule has 1 aromatic rings. The normalized spacial score (nSPS) is 31.4. The van der Waals surface area contributed by atoms with Gasteiger partial charge in [0.25, 0.3) is 0 Å². The second-order valence-corrected chi connectivity index (χ2v) is 48.4. The van der Waals surface area contributed by atoms with Gasteiger partial charge >= 0.3 is 35.8 Å². The largest absolute Gasteiger partial charge is 0.477 e. The molecule has 0 aliphatic carbocycles. The fourth-order valence-electron chi connectivity index (χ4n) is 22.0. The number of nitrogens with two attached hydrogens (primary N) is 3. The summed E-state index contributed by atoms with van der Waals surface area (Å²) in [5, 5.41) is 105. The topological polar surface area (TPSA) is 595 Å². The number of carboxylic acid groups (broad SMARTS) is 4. The predicted octanol–water partition coefficient (Wildman–Crippen LogP) is 2.79. The average Bonchev–Trinajstić information content (AvgIpc) is 1.51. The van der Waals surface area contributed by atoms with Crippen LogP contribution in [-0.4, -0.2) is 378 Å². The van der Waals surface area contributed by atoms with Crippen LogP contribution in [0, 0.1) is 64.6 Å². The molecule has 9 fully saturated rings. The zero-order valence-electron chi connectivity index (χ0n) is 82.6. The number of carbonyl (C=O) groups is 12. The van der Waals surface area contributed by atoms with Gasteiger partial charge in [0.2, 0.25) is 42.2 Å². The molecular formula is C94H136N18O23S7. The van der Waals surface area contributed by atoms with Gasteiger partial charge in [-0.3, -0.25) is 43.5 Å². The van der Waals surface area contributed by atoms with Gasteiger partial charge in [0.15, 0.2) is 15.5 Å². The van der Waals surface area contributed by atoms with Crippen molar-refractivity contribution in [1.82, 2.24) is 65.5 Å². The summed E-state index contributed by atoms with van der Waals surface area (Å²) in [6.07, 6.45) is 2.98. The summed E-state index contributed by atoms with van der Waals surface area (Å²) < 4.78 is 11.1. The minimum absolute atomic E-state index is 0.000632. The number of likely N-dealkylation sites (N-methyl/N-ethyl adjacent to an activating group) is 1. The van der Waals surface area contributed by atoms with Crippen LogP contribution in [0.2, 0.25) is 0 Å². The Kier molecular flexibility index (Phi) is 35.9. The summed E-state index contributed by atoms with van der Waals surface area (Å²) in [4.78, 5) is 177. The number of thioether (sulfide) groups is 6. The Morgan fingerprint density at radius 2 is 1.12 bits per heavy atom. The molecular weight excluding hydrogens is 1970 g/mol. The molecule has 0 aromatic carbocycles. The number of nitrogens with zero attached hydrogens (tertiary/aromatic N) is 11. The van der Waals surface area contributed by atoms with Gasteiger partial charge in [0, 0.05) is 169 Å². The van der Waals surface area contributed by atoms with Crippen LogP contribution < -0.4 is 38.5 Å². The lowest BCUT2D eigenvalue weighted by molar-refractivity contribution is -0.175. The smallest absolute Gasteiger partial charge is 0.358 e. The van der Waals surface area contributed by atoms with Gasteiger partial charge in [0.1, 0.15) is 35.0 Å². The van der Waals surface area contributed by atoms with Crippen LogP contribution in [0.3, 0.4) is 0 Å². The number of amidine groups is 1. The molecule has 17 heterocycles. The first kappa shape index (κ1) is 111. The van der Waals surface area contributed by atoms with E-state index in [9.17, 15) is 103 Å². The number of amides is 6. The third kappa shape index (κ3) is 22.4. The number of rotatable bonds is 32. The van der Waals surface area contributed by atoms with E-state index in [1.807, 2.05) is 57.0 Å². The van der Waals surface area contributed by atoms with E-state index in [2.05, 4.69) is 67.6 Å². The molecule has 0 radical (unpaired) electrons. The number of aliphatic carboxylic acids is 4. The number of aromatic nitrogens is 1. The average molecular weight is 2110 g/mol. The number of likely N-dealkylation sites (tertiary alicyclic amines) is 3. The summed E-state index contributed by atoms with van der Waals surface area (Å²) in [5.74, 6) is -8.17. The fourth-order valence-corrected chi connectivity index (χ4v) is 30.7. The molecule has 1 aromatic heterocycles. The van der Waals surface area contributed by atoms with Gasteiger partial charge < -0.3 is 128 Å². The number of β-lactam (4-membered cyclic amide) rings is 4. The Morgan fingerprint density at radius 3 is 1.61 bits per heavy atom. The third-order valence-corrected chi connectivity index (χ3v) is 38.0. The van der Waals surface area contributed by atoms with E-state index in [-0.39, 0.29) is 159 Å². The molecule has 48 heteroatoms. The SMILES string of the molecule is C=C1[C@H]([C@@H](C)O)[C@H]2[C@@H](C)C(S[C@@H]3CN[C@H](CCCNC)C3)=C(C(=O)O)N12.C[C@@H](O)[C@H]1C(=O)N2C(C(=O)O)=C(SC3C[C@@H](C(=O)N4CC[C@H](NC(=O)CN=C(N)N)C4)N(C)C3)[C@H](C)[C@H]12.C[C@@H](O)[C@H]1C(=O)N2C(C(=O)O)=C(SCCN)[C@H](C)[C@H]12.C[C@@H](O)[C@H]1C(=O)N2C(C(=O)OCOC(=O)C(C)(C)C)=C(SC3CN(C4=NCCS4)C3)[C@H](C)[C@H]12.C[C@H]1C=C(c2csc(SC3=C(C(=O)O)N4C(=O)[C@H]([C@@H](C)O)[C@H]4[C@H]3C)n2)CN1. The number of thiazole rings is 1. The summed E-state index contributed by atoms with van der Waals surface area (Å²) in [5.41, 5.74) is 18.7. The Bertz CT molecular complexity index is 5340. The van der Waals surface area contributed by atoms with Crippen LogP contribution in [0.5, 0.6) is 0 Å². The molecule has 41 nitrogen and oxygen atoms in total. The molecule has 9 saturated heterocycles. The standard InChI is InChI=1S/C23H35N7O6S.C22H31N3O6S2.C19H31N3O3S.C18H21N3O4S2.C12H18N2O4S/c1-10-17-16(11(2)31)21(34)30(17)18(22(35)36)19(10)37-13-6-14(28(3)9-13)20(33)29-5-4-12(8-29)27-15(32)7-26-23(24)25;1-11-15-14(12(2)26)18(27)25(15)16(19(28)30-10-31-20(29)22(3,4)5)17(11)33-13-8-24(9-13)21-23-6-7-32-21;1-10-16-15(12(3)23)11(2)22(16)17(19(24)25)18(10)26-14-8-13(21-9-14)6-5-7-20-4;1-7-4-10(5-19-7)11-6-26-18(20-11)27-15-8(2)13-12(9(3)22)16(23)21(13)14(15)17(24)25;1-5-8-7(6(2)15)11(16)14(8)9(12(17)18)10(5)19-4-3-13/h10-14,16-17,31H,4-9H2,1-3H3,(H,27,32)(H,35,36)(H4,24,25,26);11-15,26H,6-10H2,1-5H3;10,12-16,20-21,23H,2,5-9H2,1,3-4H3,(H,24,25);4,6-9,12-13,19,22H,5H2,1-3H3,(H,24,25);5-8,15H,3-4,13H2,1-2H3,(H,17,18)/t10-,11-,12+,13?,14+,16-,17-;11-,12-,14-,15-;10-,12-,13-,14+,15-,16-;7-,8+,9+,12+,13+;5-,6-,7-,8-/m11101/s1. The van der Waals surface area contributed by atoms with Crippen LogP contribution in [0.15, 0.2) is 91.1 Å². The number of hydrogen-bond donors (Lipinski definition) is 16. The molecule has 782 valence electrons. The van der Waals surface area contributed by atoms with Gasteiger partial charge in [-0.2, -0.15) is 0 Å². The molecule has 17 rings (SSSR count). The fraction of sp³-hybridized carbons (Fsp3) is 0.670. The lowest BCUT2D eigenvalue weighted by Crippen LogP contribution is -2.63. The molecule has 16 aliphatic rings. The molecule has 6 amide bonds. The quantitative estimate of drug-likeness (QED) is 0.0123. The van der Waals surface area contributed by atoms with E-state index in [1.165, 1.54) is 66.2 Å². The lowest BCUT2D eigenvalue weighted by Gasteiger charge is -2.50. The highest BCUT2D eigenvalue weighted by Gasteiger charge is 2.66. The summed E-state index contributed by atoms with van der Waals surface area (Å²) in [6, 6.07) is -0.836. The van der Waals surface area contributed by atoms with Crippen LogP contribution in [-0.2, 0) is 67.0 Å². The van der Waals surface area contributed by atoms with Gasteiger partial charge in [-0.05, 0) is 121 Å². The Morgan fingerprint density at radius 1 is 0.634 bits per heavy atom. The van der Waals surface area contributed by atoms with Gasteiger partial charge in [-0.1, -0.05) is 70.8 Å². The molecule has 0 bridgehead atoms. The number of nitrogens with one attached hydrogen (secondary N) is 4. The monoisotopic (exact) mass is 2110 g/mol. The van der Waals surface area contributed by atoms with Crippen molar-refractivity contribution in [2.75, 3.05) is 104 Å². The number of aliphatic hydroxyl groups excluding tert-OH is 5. The molecule has 1 unspecified atom stereocenters. The summed E-state index contributed by atoms with van der Waals surface area (Å²) in [7, 11) is 3.85. The minimum Gasteiger partial charge on any atom is -0.477 e. The highest BCUT2D eigenvalue weighted by molar-refractivity contribution is 8.14.